The summed E-state index contributed by atoms with van der Waals surface area (Å²) in [5, 5.41) is 3.41. The van der Waals surface area contributed by atoms with Crippen molar-refractivity contribution in [3.8, 4) is 0 Å². The Kier molecular flexibility index (Phi) is 7.98. The van der Waals surface area contributed by atoms with Gasteiger partial charge in [-0.15, -0.1) is 0 Å². The first-order valence-corrected chi connectivity index (χ1v) is 6.42. The minimum absolute atomic E-state index is 0.454. The third-order valence-corrected chi connectivity index (χ3v) is 2.52. The molecule has 0 aromatic heterocycles. The largest absolute Gasteiger partial charge is 0.351 e. The molecule has 3 nitrogen and oxygen atoms in total. The fraction of sp³-hybridized carbons (Fsp3) is 1.00. The fourth-order valence-electron chi connectivity index (χ4n) is 1.84. The summed E-state index contributed by atoms with van der Waals surface area (Å²) < 4.78 is 11.3. The number of hydrogen-bond donors (Lipinski definition) is 1. The second-order valence-electron chi connectivity index (χ2n) is 4.94. The highest BCUT2D eigenvalue weighted by molar-refractivity contribution is 4.65. The van der Waals surface area contributed by atoms with E-state index in [-0.39, 0.29) is 0 Å². The summed E-state index contributed by atoms with van der Waals surface area (Å²) in [5.74, 6) is 0.0959. The first kappa shape index (κ1) is 15.9. The van der Waals surface area contributed by atoms with E-state index in [9.17, 15) is 0 Å². The Morgan fingerprint density at radius 3 is 2.25 bits per heavy atom. The van der Waals surface area contributed by atoms with E-state index in [1.54, 1.807) is 0 Å². The molecule has 0 aliphatic rings. The van der Waals surface area contributed by atoms with E-state index in [1.165, 1.54) is 0 Å². The molecule has 0 amide bonds. The molecule has 0 fully saturated rings. The first-order chi connectivity index (χ1) is 7.41. The maximum Gasteiger partial charge on any atom is 0.162 e. The van der Waals surface area contributed by atoms with Gasteiger partial charge in [-0.1, -0.05) is 13.8 Å². The van der Waals surface area contributed by atoms with Crippen LogP contribution in [0.15, 0.2) is 0 Å². The summed E-state index contributed by atoms with van der Waals surface area (Å²) in [4.78, 5) is 0. The van der Waals surface area contributed by atoms with Gasteiger partial charge in [-0.05, 0) is 46.6 Å². The number of rotatable bonds is 9. The second-order valence-corrected chi connectivity index (χ2v) is 4.94. The van der Waals surface area contributed by atoms with Gasteiger partial charge in [0, 0.05) is 12.6 Å². The zero-order chi connectivity index (χ0) is 12.6. The molecular weight excluding hydrogens is 202 g/mol. The Morgan fingerprint density at radius 1 is 1.12 bits per heavy atom. The summed E-state index contributed by atoms with van der Waals surface area (Å²) in [5.41, 5.74) is 0. The SMILES string of the molecule is CCNC(C)CC(C)COC(C)(C)OCC. The summed E-state index contributed by atoms with van der Waals surface area (Å²) in [6.07, 6.45) is 1.13. The molecule has 0 spiro atoms. The van der Waals surface area contributed by atoms with Crippen LogP contribution in [0.25, 0.3) is 0 Å². The van der Waals surface area contributed by atoms with Gasteiger partial charge in [0.15, 0.2) is 5.79 Å². The average Bonchev–Trinajstić information content (AvgIpc) is 2.15. The molecule has 1 N–H and O–H groups in total. The second kappa shape index (κ2) is 8.04. The van der Waals surface area contributed by atoms with Crippen LogP contribution < -0.4 is 5.32 Å². The molecule has 0 bridgehead atoms. The summed E-state index contributed by atoms with van der Waals surface area (Å²) in [6, 6.07) is 0.554. The van der Waals surface area contributed by atoms with Gasteiger partial charge in [0.1, 0.15) is 0 Å². The van der Waals surface area contributed by atoms with E-state index in [1.807, 2.05) is 20.8 Å². The van der Waals surface area contributed by atoms with Crippen LogP contribution in [0.4, 0.5) is 0 Å². The fourth-order valence-corrected chi connectivity index (χ4v) is 1.84. The van der Waals surface area contributed by atoms with Gasteiger partial charge in [0.05, 0.1) is 6.61 Å². The van der Waals surface area contributed by atoms with Crippen LogP contribution >= 0.6 is 0 Å². The van der Waals surface area contributed by atoms with Gasteiger partial charge in [0.25, 0.3) is 0 Å². The van der Waals surface area contributed by atoms with Crippen LogP contribution in [0, 0.1) is 5.92 Å². The quantitative estimate of drug-likeness (QED) is 0.619. The molecule has 3 heteroatoms. The van der Waals surface area contributed by atoms with E-state index in [4.69, 9.17) is 9.47 Å². The molecular formula is C13H29NO2. The van der Waals surface area contributed by atoms with Crippen molar-refractivity contribution in [3.05, 3.63) is 0 Å². The number of hydrogen-bond acceptors (Lipinski definition) is 3. The molecule has 0 aromatic rings. The Hall–Kier alpha value is -0.120. The van der Waals surface area contributed by atoms with Crippen molar-refractivity contribution in [1.82, 2.24) is 5.32 Å². The number of ether oxygens (including phenoxy) is 2. The minimum Gasteiger partial charge on any atom is -0.351 e. The van der Waals surface area contributed by atoms with Crippen LogP contribution in [0.3, 0.4) is 0 Å². The molecule has 2 unspecified atom stereocenters. The van der Waals surface area contributed by atoms with Crippen LogP contribution in [0.2, 0.25) is 0 Å². The van der Waals surface area contributed by atoms with Crippen molar-refractivity contribution in [2.45, 2.75) is 59.8 Å². The first-order valence-electron chi connectivity index (χ1n) is 6.42. The van der Waals surface area contributed by atoms with E-state index >= 15 is 0 Å². The number of nitrogens with one attached hydrogen (secondary N) is 1. The predicted octanol–water partition coefficient (Wildman–Crippen LogP) is 2.80. The van der Waals surface area contributed by atoms with Crippen LogP contribution in [0.1, 0.15) is 48.0 Å². The Morgan fingerprint density at radius 2 is 1.75 bits per heavy atom. The lowest BCUT2D eigenvalue weighted by molar-refractivity contribution is -0.216. The molecule has 16 heavy (non-hydrogen) atoms. The summed E-state index contributed by atoms with van der Waals surface area (Å²) in [7, 11) is 0. The third kappa shape index (κ3) is 8.08. The van der Waals surface area contributed by atoms with Gasteiger partial charge in [0.2, 0.25) is 0 Å². The molecule has 0 aliphatic heterocycles. The van der Waals surface area contributed by atoms with Crippen molar-refractivity contribution < 1.29 is 9.47 Å². The third-order valence-electron chi connectivity index (χ3n) is 2.52. The zero-order valence-corrected chi connectivity index (χ0v) is 11.8. The normalized spacial score (nSPS) is 16.1. The van der Waals surface area contributed by atoms with Crippen molar-refractivity contribution in [2.24, 2.45) is 5.92 Å². The van der Waals surface area contributed by atoms with Gasteiger partial charge in [-0.25, -0.2) is 0 Å². The highest BCUT2D eigenvalue weighted by Gasteiger charge is 2.19. The lowest BCUT2D eigenvalue weighted by Crippen LogP contribution is -2.33. The Bertz CT molecular complexity index is 171. The van der Waals surface area contributed by atoms with Gasteiger partial charge < -0.3 is 14.8 Å². The maximum absolute atomic E-state index is 5.76. The van der Waals surface area contributed by atoms with E-state index in [0.29, 0.717) is 18.6 Å². The lowest BCUT2D eigenvalue weighted by Gasteiger charge is -2.27. The van der Waals surface area contributed by atoms with Crippen molar-refractivity contribution in [2.75, 3.05) is 19.8 Å². The predicted molar refractivity (Wildman–Crippen MR) is 68.6 cm³/mol. The van der Waals surface area contributed by atoms with Gasteiger partial charge >= 0.3 is 0 Å². The molecule has 0 aliphatic carbocycles. The summed E-state index contributed by atoms with van der Waals surface area (Å²) in [6.45, 7) is 15.0. The molecule has 0 rings (SSSR count). The maximum atomic E-state index is 5.76. The van der Waals surface area contributed by atoms with Crippen LogP contribution in [-0.2, 0) is 9.47 Å². The average molecular weight is 231 g/mol. The molecule has 98 valence electrons. The van der Waals surface area contributed by atoms with Crippen molar-refractivity contribution >= 4 is 0 Å². The molecule has 0 heterocycles. The smallest absolute Gasteiger partial charge is 0.162 e. The standard InChI is InChI=1S/C13H29NO2/c1-7-14-12(4)9-11(3)10-16-13(5,6)15-8-2/h11-12,14H,7-10H2,1-6H3. The van der Waals surface area contributed by atoms with Crippen LogP contribution in [0.5, 0.6) is 0 Å². The molecule has 2 atom stereocenters. The van der Waals surface area contributed by atoms with E-state index in [0.717, 1.165) is 19.6 Å². The monoisotopic (exact) mass is 231 g/mol. The molecule has 0 saturated heterocycles. The Balaban J connectivity index is 3.75. The van der Waals surface area contributed by atoms with Gasteiger partial charge in [-0.2, -0.15) is 0 Å². The Labute approximate surface area is 101 Å². The zero-order valence-electron chi connectivity index (χ0n) is 11.8. The summed E-state index contributed by atoms with van der Waals surface area (Å²) >= 11 is 0. The van der Waals surface area contributed by atoms with Crippen molar-refractivity contribution in [1.29, 1.82) is 0 Å². The van der Waals surface area contributed by atoms with E-state index < -0.39 is 5.79 Å². The van der Waals surface area contributed by atoms with Crippen LogP contribution in [-0.4, -0.2) is 31.6 Å². The molecule has 0 aromatic carbocycles. The van der Waals surface area contributed by atoms with Crippen molar-refractivity contribution in [3.63, 3.8) is 0 Å². The topological polar surface area (TPSA) is 30.5 Å². The lowest BCUT2D eigenvalue weighted by atomic mass is 10.0. The minimum atomic E-state index is -0.454. The molecule has 0 radical (unpaired) electrons. The molecule has 0 saturated carbocycles. The van der Waals surface area contributed by atoms with E-state index in [2.05, 4.69) is 26.1 Å². The highest BCUT2D eigenvalue weighted by Crippen LogP contribution is 2.15. The van der Waals surface area contributed by atoms with Gasteiger partial charge in [-0.3, -0.25) is 0 Å². The highest BCUT2D eigenvalue weighted by atomic mass is 16.7.